The average Bonchev–Trinajstić information content (AvgIpc) is 2.81. The number of likely N-dealkylation sites (tertiary alicyclic amines) is 1. The van der Waals surface area contributed by atoms with Crippen LogP contribution < -0.4 is 14.8 Å². The molecule has 7 nitrogen and oxygen atoms in total. The van der Waals surface area contributed by atoms with Gasteiger partial charge in [0.2, 0.25) is 12.0 Å². The summed E-state index contributed by atoms with van der Waals surface area (Å²) in [6.07, 6.45) is 6.06. The van der Waals surface area contributed by atoms with E-state index in [4.69, 9.17) is 9.47 Å². The van der Waals surface area contributed by atoms with Crippen molar-refractivity contribution in [3.8, 4) is 11.5 Å². The lowest BCUT2D eigenvalue weighted by atomic mass is 9.92. The molecule has 4 rings (SSSR count). The number of hydrogen-bond acceptors (Lipinski definition) is 5. The fraction of sp³-hybridized carbons (Fsp3) is 0.435. The summed E-state index contributed by atoms with van der Waals surface area (Å²) >= 11 is 0. The molecule has 0 saturated carbocycles. The van der Waals surface area contributed by atoms with E-state index >= 15 is 0 Å². The van der Waals surface area contributed by atoms with Gasteiger partial charge in [-0.15, -0.1) is 0 Å². The first-order valence-electron chi connectivity index (χ1n) is 10.5. The third-order valence-electron chi connectivity index (χ3n) is 5.70. The number of hydrogen-bond donors (Lipinski definition) is 1. The van der Waals surface area contributed by atoms with Crippen LogP contribution >= 0.6 is 0 Å². The molecule has 0 bridgehead atoms. The lowest BCUT2D eigenvalue weighted by Gasteiger charge is -2.35. The number of para-hydroxylation sites is 2. The van der Waals surface area contributed by atoms with E-state index in [0.29, 0.717) is 43.5 Å². The van der Waals surface area contributed by atoms with Crippen molar-refractivity contribution in [2.24, 2.45) is 5.92 Å². The van der Waals surface area contributed by atoms with E-state index in [1.807, 2.05) is 41.3 Å². The predicted molar refractivity (Wildman–Crippen MR) is 111 cm³/mol. The highest BCUT2D eigenvalue weighted by atomic mass is 16.6. The van der Waals surface area contributed by atoms with Crippen molar-refractivity contribution >= 4 is 11.8 Å². The van der Waals surface area contributed by atoms with Gasteiger partial charge in [0.15, 0.2) is 11.5 Å². The number of nitrogens with one attached hydrogen (secondary N) is 1. The molecule has 1 aromatic heterocycles. The first-order valence-corrected chi connectivity index (χ1v) is 10.5. The fourth-order valence-corrected chi connectivity index (χ4v) is 3.91. The van der Waals surface area contributed by atoms with Crippen LogP contribution in [0.4, 0.5) is 0 Å². The molecule has 1 aromatic carbocycles. The van der Waals surface area contributed by atoms with E-state index in [9.17, 15) is 9.59 Å². The number of pyridine rings is 1. The highest BCUT2D eigenvalue weighted by molar-refractivity contribution is 5.82. The molecular weight excluding hydrogens is 382 g/mol. The number of nitrogens with zero attached hydrogens (tertiary/aromatic N) is 2. The third kappa shape index (κ3) is 5.09. The van der Waals surface area contributed by atoms with Gasteiger partial charge in [0.1, 0.15) is 6.61 Å². The third-order valence-corrected chi connectivity index (χ3v) is 5.70. The molecule has 158 valence electrons. The standard InChI is InChI=1S/C23H27N3O4/c27-22(25-15-18-4-3-11-24-14-18)8-7-17-9-12-26(13-10-17)23(28)21-16-29-19-5-1-2-6-20(19)30-21/h1-6,11,14,17,21H,7-10,12-13,15-16H2,(H,25,27)/t21-/m1/s1. The molecule has 2 aliphatic rings. The van der Waals surface area contributed by atoms with Crippen molar-refractivity contribution < 1.29 is 19.1 Å². The minimum Gasteiger partial charge on any atom is -0.485 e. The van der Waals surface area contributed by atoms with Crippen LogP contribution in [0.25, 0.3) is 0 Å². The summed E-state index contributed by atoms with van der Waals surface area (Å²) in [5.41, 5.74) is 0.995. The molecular formula is C23H27N3O4. The molecule has 3 heterocycles. The van der Waals surface area contributed by atoms with Crippen molar-refractivity contribution in [1.82, 2.24) is 15.2 Å². The van der Waals surface area contributed by atoms with Crippen LogP contribution in [0.2, 0.25) is 0 Å². The molecule has 7 heteroatoms. The number of carbonyl (C=O) groups is 2. The Morgan fingerprint density at radius 3 is 2.67 bits per heavy atom. The number of carbonyl (C=O) groups excluding carboxylic acids is 2. The maximum absolute atomic E-state index is 12.8. The second kappa shape index (κ2) is 9.61. The molecule has 1 fully saturated rings. The Kier molecular flexibility index (Phi) is 6.47. The Hall–Kier alpha value is -3.09. The molecule has 0 aliphatic carbocycles. The fourth-order valence-electron chi connectivity index (χ4n) is 3.91. The highest BCUT2D eigenvalue weighted by Crippen LogP contribution is 2.32. The topological polar surface area (TPSA) is 80.8 Å². The Morgan fingerprint density at radius 2 is 1.90 bits per heavy atom. The van der Waals surface area contributed by atoms with Crippen molar-refractivity contribution in [2.45, 2.75) is 38.3 Å². The lowest BCUT2D eigenvalue weighted by molar-refractivity contribution is -0.142. The van der Waals surface area contributed by atoms with Gasteiger partial charge in [0.05, 0.1) is 0 Å². The van der Waals surface area contributed by atoms with E-state index in [0.717, 1.165) is 24.8 Å². The van der Waals surface area contributed by atoms with Gasteiger partial charge >= 0.3 is 0 Å². The molecule has 0 radical (unpaired) electrons. The van der Waals surface area contributed by atoms with Crippen LogP contribution in [0.15, 0.2) is 48.8 Å². The first-order chi connectivity index (χ1) is 14.7. The lowest BCUT2D eigenvalue weighted by Crippen LogP contribution is -2.49. The van der Waals surface area contributed by atoms with Crippen LogP contribution in [-0.4, -0.2) is 47.5 Å². The minimum atomic E-state index is -0.588. The second-order valence-corrected chi connectivity index (χ2v) is 7.81. The maximum atomic E-state index is 12.8. The molecule has 2 aliphatic heterocycles. The average molecular weight is 409 g/mol. The van der Waals surface area contributed by atoms with Gasteiger partial charge in [-0.2, -0.15) is 0 Å². The number of fused-ring (bicyclic) bond motifs is 1. The minimum absolute atomic E-state index is 0.0165. The van der Waals surface area contributed by atoms with Crippen molar-refractivity contribution in [1.29, 1.82) is 0 Å². The van der Waals surface area contributed by atoms with E-state index < -0.39 is 6.10 Å². The largest absolute Gasteiger partial charge is 0.485 e. The van der Waals surface area contributed by atoms with E-state index in [1.54, 1.807) is 12.4 Å². The Labute approximate surface area is 176 Å². The van der Waals surface area contributed by atoms with Crippen LogP contribution in [0.3, 0.4) is 0 Å². The number of amides is 2. The predicted octanol–water partition coefficient (Wildman–Crippen LogP) is 2.56. The molecule has 1 N–H and O–H groups in total. The smallest absolute Gasteiger partial charge is 0.267 e. The zero-order chi connectivity index (χ0) is 20.8. The summed E-state index contributed by atoms with van der Waals surface area (Å²) in [7, 11) is 0. The monoisotopic (exact) mass is 409 g/mol. The normalized spacial score (nSPS) is 18.7. The second-order valence-electron chi connectivity index (χ2n) is 7.81. The number of rotatable bonds is 6. The Morgan fingerprint density at radius 1 is 1.10 bits per heavy atom. The number of piperidine rings is 1. The molecule has 1 atom stereocenters. The van der Waals surface area contributed by atoms with Crippen LogP contribution in [-0.2, 0) is 16.1 Å². The van der Waals surface area contributed by atoms with Crippen LogP contribution in [0.5, 0.6) is 11.5 Å². The van der Waals surface area contributed by atoms with Crippen molar-refractivity contribution in [3.63, 3.8) is 0 Å². The summed E-state index contributed by atoms with van der Waals surface area (Å²) in [5.74, 6) is 1.81. The quantitative estimate of drug-likeness (QED) is 0.793. The molecule has 30 heavy (non-hydrogen) atoms. The van der Waals surface area contributed by atoms with Gasteiger partial charge in [-0.25, -0.2) is 0 Å². The summed E-state index contributed by atoms with van der Waals surface area (Å²) in [6, 6.07) is 11.2. The van der Waals surface area contributed by atoms with E-state index in [2.05, 4.69) is 10.3 Å². The summed E-state index contributed by atoms with van der Waals surface area (Å²) in [4.78, 5) is 30.8. The zero-order valence-electron chi connectivity index (χ0n) is 17.0. The van der Waals surface area contributed by atoms with E-state index in [1.165, 1.54) is 0 Å². The van der Waals surface area contributed by atoms with Gasteiger partial charge in [-0.1, -0.05) is 18.2 Å². The molecule has 0 spiro atoms. The van der Waals surface area contributed by atoms with Gasteiger partial charge in [-0.3, -0.25) is 14.6 Å². The molecule has 2 amide bonds. The van der Waals surface area contributed by atoms with Crippen molar-refractivity contribution in [3.05, 3.63) is 54.4 Å². The highest BCUT2D eigenvalue weighted by Gasteiger charge is 2.33. The molecule has 1 saturated heterocycles. The summed E-state index contributed by atoms with van der Waals surface area (Å²) in [6.45, 7) is 2.14. The molecule has 0 unspecified atom stereocenters. The van der Waals surface area contributed by atoms with Crippen molar-refractivity contribution in [2.75, 3.05) is 19.7 Å². The van der Waals surface area contributed by atoms with Gasteiger partial charge in [-0.05, 0) is 48.9 Å². The van der Waals surface area contributed by atoms with E-state index in [-0.39, 0.29) is 18.4 Å². The number of aromatic nitrogens is 1. The number of ether oxygens (including phenoxy) is 2. The first kappa shape index (κ1) is 20.2. The van der Waals surface area contributed by atoms with Gasteiger partial charge in [0.25, 0.3) is 5.91 Å². The SMILES string of the molecule is O=C(CCC1CCN(C(=O)[C@H]2COc3ccccc3O2)CC1)NCc1cccnc1. The van der Waals surface area contributed by atoms with Gasteiger partial charge in [0, 0.05) is 38.4 Å². The summed E-state index contributed by atoms with van der Waals surface area (Å²) < 4.78 is 11.5. The molecule has 2 aromatic rings. The zero-order valence-corrected chi connectivity index (χ0v) is 17.0. The number of benzene rings is 1. The van der Waals surface area contributed by atoms with Crippen LogP contribution in [0.1, 0.15) is 31.2 Å². The Balaban J connectivity index is 1.17. The summed E-state index contributed by atoms with van der Waals surface area (Å²) in [5, 5.41) is 2.94. The Bertz CT molecular complexity index is 866. The van der Waals surface area contributed by atoms with Crippen LogP contribution in [0, 0.1) is 5.92 Å². The van der Waals surface area contributed by atoms with Gasteiger partial charge < -0.3 is 19.7 Å². The maximum Gasteiger partial charge on any atom is 0.267 e.